The molecule has 0 radical (unpaired) electrons. The van der Waals surface area contributed by atoms with Gasteiger partial charge in [-0.1, -0.05) is 44.2 Å². The molecule has 3 aromatic rings. The van der Waals surface area contributed by atoms with Crippen molar-refractivity contribution in [2.45, 2.75) is 51.0 Å². The number of pyridine rings is 1. The summed E-state index contributed by atoms with van der Waals surface area (Å²) in [7, 11) is 0. The zero-order valence-corrected chi connectivity index (χ0v) is 18.8. The lowest BCUT2D eigenvalue weighted by atomic mass is 9.86. The number of ketones is 1. The molecule has 5 N–H and O–H groups in total. The number of aromatic nitrogens is 3. The molecule has 0 bridgehead atoms. The molecule has 0 unspecified atom stereocenters. The maximum absolute atomic E-state index is 13.2. The number of hydrogen-bond donors (Lipinski definition) is 3. The molecule has 4 atom stereocenters. The number of ether oxygens (including phenoxy) is 1. The highest BCUT2D eigenvalue weighted by atomic mass is 16.5. The Balaban J connectivity index is 1.61. The molecule has 2 aromatic heterocycles. The number of rotatable bonds is 6. The lowest BCUT2D eigenvalue weighted by Crippen LogP contribution is -2.52. The van der Waals surface area contributed by atoms with Crippen LogP contribution in [0.25, 0.3) is 11.3 Å². The fourth-order valence-electron chi connectivity index (χ4n) is 4.22. The van der Waals surface area contributed by atoms with Crippen LogP contribution in [0.3, 0.4) is 0 Å². The van der Waals surface area contributed by atoms with E-state index in [1.165, 1.54) is 0 Å². The second-order valence-electron chi connectivity index (χ2n) is 8.75. The SMILES string of the molecule is CC(C)[C@@H]1O[C@H](c2ccncc2CC(=O)c2nc(-c3ccccc3)cnc2N)C[C@H](N)[C@H]1O. The van der Waals surface area contributed by atoms with E-state index in [2.05, 4.69) is 15.0 Å². The van der Waals surface area contributed by atoms with Crippen molar-refractivity contribution in [3.8, 4) is 11.3 Å². The summed E-state index contributed by atoms with van der Waals surface area (Å²) in [6.45, 7) is 3.97. The Morgan fingerprint density at radius 1 is 1.21 bits per heavy atom. The van der Waals surface area contributed by atoms with Gasteiger partial charge in [-0.2, -0.15) is 0 Å². The number of nitrogens with zero attached hydrogens (tertiary/aromatic N) is 3. The van der Waals surface area contributed by atoms with Gasteiger partial charge < -0.3 is 21.3 Å². The van der Waals surface area contributed by atoms with Crippen molar-refractivity contribution in [3.05, 3.63) is 71.8 Å². The molecule has 1 aliphatic rings. The molecule has 0 saturated carbocycles. The maximum Gasteiger partial charge on any atom is 0.189 e. The first-order chi connectivity index (χ1) is 15.8. The van der Waals surface area contributed by atoms with Gasteiger partial charge in [0.1, 0.15) is 5.69 Å². The zero-order chi connectivity index (χ0) is 23.5. The summed E-state index contributed by atoms with van der Waals surface area (Å²) in [5, 5.41) is 10.4. The summed E-state index contributed by atoms with van der Waals surface area (Å²) in [6, 6.07) is 10.9. The highest BCUT2D eigenvalue weighted by Crippen LogP contribution is 2.35. The molecule has 0 aliphatic carbocycles. The number of aliphatic hydroxyl groups excluding tert-OH is 1. The monoisotopic (exact) mass is 447 g/mol. The Morgan fingerprint density at radius 3 is 2.70 bits per heavy atom. The quantitative estimate of drug-likeness (QED) is 0.491. The van der Waals surface area contributed by atoms with Crippen LogP contribution in [0.15, 0.2) is 55.0 Å². The summed E-state index contributed by atoms with van der Waals surface area (Å²) in [5.74, 6) is -0.0757. The number of Topliss-reactive ketones (excluding diaryl/α,β-unsaturated/α-hetero) is 1. The molecule has 172 valence electrons. The number of anilines is 1. The summed E-state index contributed by atoms with van der Waals surface area (Å²) in [5.41, 5.74) is 15.3. The standard InChI is InChI=1S/C25H29N5O3/c1-14(2)24-23(32)18(26)11-21(33-24)17-8-9-28-12-16(17)10-20(31)22-25(27)29-13-19(30-22)15-6-4-3-5-7-15/h3-9,12-14,18,21,23-24,32H,10-11,26H2,1-2H3,(H2,27,29)/t18-,21-,23+,24-/m0/s1. The predicted molar refractivity (Wildman–Crippen MR) is 125 cm³/mol. The van der Waals surface area contributed by atoms with E-state index in [1.54, 1.807) is 18.6 Å². The minimum Gasteiger partial charge on any atom is -0.389 e. The van der Waals surface area contributed by atoms with E-state index in [4.69, 9.17) is 16.2 Å². The maximum atomic E-state index is 13.2. The molecule has 3 heterocycles. The molecule has 8 heteroatoms. The highest BCUT2D eigenvalue weighted by Gasteiger charge is 2.38. The molecule has 0 amide bonds. The van der Waals surface area contributed by atoms with Crippen molar-refractivity contribution in [2.24, 2.45) is 11.7 Å². The van der Waals surface area contributed by atoms with E-state index in [-0.39, 0.29) is 41.8 Å². The summed E-state index contributed by atoms with van der Waals surface area (Å²) in [4.78, 5) is 26.1. The second kappa shape index (κ2) is 9.74. The Kier molecular flexibility index (Phi) is 6.78. The van der Waals surface area contributed by atoms with E-state index in [0.717, 1.165) is 11.1 Å². The molecule has 8 nitrogen and oxygen atoms in total. The van der Waals surface area contributed by atoms with Gasteiger partial charge in [-0.3, -0.25) is 9.78 Å². The predicted octanol–water partition coefficient (Wildman–Crippen LogP) is 2.72. The van der Waals surface area contributed by atoms with Crippen molar-refractivity contribution in [2.75, 3.05) is 5.73 Å². The molecule has 1 aromatic carbocycles. The van der Waals surface area contributed by atoms with Gasteiger partial charge in [-0.15, -0.1) is 0 Å². The van der Waals surface area contributed by atoms with E-state index in [9.17, 15) is 9.90 Å². The number of carbonyl (C=O) groups is 1. The van der Waals surface area contributed by atoms with Crippen molar-refractivity contribution in [1.82, 2.24) is 15.0 Å². The Bertz CT molecular complexity index is 1120. The Labute approximate surface area is 193 Å². The van der Waals surface area contributed by atoms with Gasteiger partial charge in [-0.05, 0) is 29.5 Å². The van der Waals surface area contributed by atoms with Gasteiger partial charge in [0, 0.05) is 30.4 Å². The number of carbonyl (C=O) groups excluding carboxylic acids is 1. The number of benzene rings is 1. The van der Waals surface area contributed by atoms with Crippen LogP contribution in [0.2, 0.25) is 0 Å². The summed E-state index contributed by atoms with van der Waals surface area (Å²) >= 11 is 0. The lowest BCUT2D eigenvalue weighted by Gasteiger charge is -2.40. The van der Waals surface area contributed by atoms with Crippen LogP contribution in [0.5, 0.6) is 0 Å². The van der Waals surface area contributed by atoms with E-state index in [0.29, 0.717) is 17.7 Å². The topological polar surface area (TPSA) is 137 Å². The van der Waals surface area contributed by atoms with E-state index >= 15 is 0 Å². The van der Waals surface area contributed by atoms with Gasteiger partial charge in [-0.25, -0.2) is 9.97 Å². The Morgan fingerprint density at radius 2 is 1.97 bits per heavy atom. The minimum absolute atomic E-state index is 0.0459. The Hall–Kier alpha value is -3.20. The molecule has 4 rings (SSSR count). The van der Waals surface area contributed by atoms with Crippen molar-refractivity contribution in [3.63, 3.8) is 0 Å². The van der Waals surface area contributed by atoms with Crippen LogP contribution < -0.4 is 11.5 Å². The minimum atomic E-state index is -0.732. The average Bonchev–Trinajstić information content (AvgIpc) is 2.81. The van der Waals surface area contributed by atoms with Crippen molar-refractivity contribution < 1.29 is 14.6 Å². The lowest BCUT2D eigenvalue weighted by molar-refractivity contribution is -0.145. The summed E-state index contributed by atoms with van der Waals surface area (Å²) < 4.78 is 6.22. The first-order valence-electron chi connectivity index (χ1n) is 11.1. The van der Waals surface area contributed by atoms with Crippen LogP contribution >= 0.6 is 0 Å². The van der Waals surface area contributed by atoms with Gasteiger partial charge in [0.05, 0.1) is 30.2 Å². The fourth-order valence-corrected chi connectivity index (χ4v) is 4.22. The first kappa shape index (κ1) is 23.0. The number of hydrogen-bond acceptors (Lipinski definition) is 8. The molecule has 0 spiro atoms. The normalized spacial score (nSPS) is 22.9. The van der Waals surface area contributed by atoms with Gasteiger partial charge >= 0.3 is 0 Å². The third-order valence-corrected chi connectivity index (χ3v) is 6.01. The molecular weight excluding hydrogens is 418 g/mol. The molecular formula is C25H29N5O3. The van der Waals surface area contributed by atoms with Crippen LogP contribution in [-0.4, -0.2) is 44.1 Å². The van der Waals surface area contributed by atoms with E-state index in [1.807, 2.05) is 50.2 Å². The number of nitrogens with two attached hydrogens (primary N) is 2. The van der Waals surface area contributed by atoms with Crippen LogP contribution in [0.4, 0.5) is 5.82 Å². The van der Waals surface area contributed by atoms with Gasteiger partial charge in [0.15, 0.2) is 11.6 Å². The third-order valence-electron chi connectivity index (χ3n) is 6.01. The molecule has 33 heavy (non-hydrogen) atoms. The number of aliphatic hydroxyl groups is 1. The smallest absolute Gasteiger partial charge is 0.189 e. The fraction of sp³-hybridized carbons (Fsp3) is 0.360. The largest absolute Gasteiger partial charge is 0.389 e. The van der Waals surface area contributed by atoms with Crippen LogP contribution in [0.1, 0.15) is 48.0 Å². The highest BCUT2D eigenvalue weighted by molar-refractivity contribution is 5.99. The zero-order valence-electron chi connectivity index (χ0n) is 18.8. The average molecular weight is 448 g/mol. The molecule has 1 saturated heterocycles. The third kappa shape index (κ3) is 4.93. The van der Waals surface area contributed by atoms with Crippen LogP contribution in [-0.2, 0) is 11.2 Å². The van der Waals surface area contributed by atoms with Gasteiger partial charge in [0.2, 0.25) is 0 Å². The number of nitrogen functional groups attached to an aromatic ring is 1. The molecule has 1 fully saturated rings. The second-order valence-corrected chi connectivity index (χ2v) is 8.75. The van der Waals surface area contributed by atoms with Crippen molar-refractivity contribution in [1.29, 1.82) is 0 Å². The van der Waals surface area contributed by atoms with Gasteiger partial charge in [0.25, 0.3) is 0 Å². The van der Waals surface area contributed by atoms with Crippen molar-refractivity contribution >= 4 is 11.6 Å². The first-order valence-corrected chi connectivity index (χ1v) is 11.1. The van der Waals surface area contributed by atoms with Crippen LogP contribution in [0, 0.1) is 5.92 Å². The molecule has 1 aliphatic heterocycles. The summed E-state index contributed by atoms with van der Waals surface area (Å²) in [6.07, 6.45) is 3.90. The van der Waals surface area contributed by atoms with E-state index < -0.39 is 12.1 Å².